The van der Waals surface area contributed by atoms with E-state index >= 15 is 0 Å². The van der Waals surface area contributed by atoms with Crippen LogP contribution in [0.4, 0.5) is 0 Å². The summed E-state index contributed by atoms with van der Waals surface area (Å²) in [6.45, 7) is 4.87. The van der Waals surface area contributed by atoms with Crippen LogP contribution in [0.25, 0.3) is 0 Å². The third-order valence-corrected chi connectivity index (χ3v) is 9.41. The molecule has 4 rings (SSSR count). The van der Waals surface area contributed by atoms with E-state index in [4.69, 9.17) is 10.5 Å². The van der Waals surface area contributed by atoms with Crippen LogP contribution in [0.2, 0.25) is 0 Å². The Labute approximate surface area is 147 Å². The molecule has 0 heterocycles. The molecule has 0 bridgehead atoms. The molecule has 4 saturated carbocycles. The minimum Gasteiger partial charge on any atom is -0.469 e. The third kappa shape index (κ3) is 1.97. The molecule has 0 amide bonds. The topological polar surface area (TPSA) is 52.3 Å². The quantitative estimate of drug-likeness (QED) is 0.728. The smallest absolute Gasteiger partial charge is 0.309 e. The van der Waals surface area contributed by atoms with Crippen molar-refractivity contribution in [3.63, 3.8) is 0 Å². The molecule has 3 heteroatoms. The van der Waals surface area contributed by atoms with Crippen LogP contribution in [-0.4, -0.2) is 18.6 Å². The van der Waals surface area contributed by atoms with Crippen molar-refractivity contribution in [2.24, 2.45) is 40.2 Å². The minimum absolute atomic E-state index is 0.00494. The zero-order valence-corrected chi connectivity index (χ0v) is 15.8. The third-order valence-electron chi connectivity index (χ3n) is 9.41. The average molecular weight is 334 g/mol. The lowest BCUT2D eigenvalue weighted by atomic mass is 9.43. The van der Waals surface area contributed by atoms with Crippen LogP contribution < -0.4 is 5.73 Å². The summed E-state index contributed by atoms with van der Waals surface area (Å²) >= 11 is 0. The molecule has 0 aliphatic heterocycles. The van der Waals surface area contributed by atoms with E-state index in [1.807, 2.05) is 0 Å². The highest BCUT2D eigenvalue weighted by Crippen LogP contribution is 2.68. The van der Waals surface area contributed by atoms with Gasteiger partial charge in [-0.15, -0.1) is 0 Å². The van der Waals surface area contributed by atoms with Crippen LogP contribution in [0.5, 0.6) is 0 Å². The molecule has 0 unspecified atom stereocenters. The Morgan fingerprint density at radius 1 is 0.958 bits per heavy atom. The second kappa shape index (κ2) is 5.46. The van der Waals surface area contributed by atoms with Gasteiger partial charge in [0.2, 0.25) is 0 Å². The van der Waals surface area contributed by atoms with Crippen LogP contribution >= 0.6 is 0 Å². The number of fused-ring (bicyclic) bond motifs is 5. The van der Waals surface area contributed by atoms with Gasteiger partial charge in [-0.05, 0) is 80.0 Å². The average Bonchev–Trinajstić information content (AvgIpc) is 2.85. The Morgan fingerprint density at radius 3 is 2.50 bits per heavy atom. The molecular formula is C21H35NO2. The van der Waals surface area contributed by atoms with Crippen molar-refractivity contribution in [3.05, 3.63) is 0 Å². The SMILES string of the molecule is COC(=O)[C@H]1CC[C@]2(N)[C@@H]3CC[C@@H]4CCCC[C@]4(C)[C@H]3CC[C@]12C. The summed E-state index contributed by atoms with van der Waals surface area (Å²) in [6.07, 6.45) is 12.6. The normalized spacial score (nSPS) is 53.7. The van der Waals surface area contributed by atoms with E-state index in [1.165, 1.54) is 52.1 Å². The van der Waals surface area contributed by atoms with Gasteiger partial charge in [-0.2, -0.15) is 0 Å². The highest BCUT2D eigenvalue weighted by atomic mass is 16.5. The van der Waals surface area contributed by atoms with Gasteiger partial charge in [0, 0.05) is 5.54 Å². The van der Waals surface area contributed by atoms with Gasteiger partial charge in [0.05, 0.1) is 13.0 Å². The summed E-state index contributed by atoms with van der Waals surface area (Å²) in [5, 5.41) is 0. The number of methoxy groups -OCH3 is 1. The first-order valence-electron chi connectivity index (χ1n) is 10.2. The number of carbonyl (C=O) groups excluding carboxylic acids is 1. The fourth-order valence-corrected chi connectivity index (χ4v) is 7.88. The molecule has 0 aromatic carbocycles. The van der Waals surface area contributed by atoms with E-state index in [-0.39, 0.29) is 22.8 Å². The lowest BCUT2D eigenvalue weighted by Crippen LogP contribution is -2.66. The first kappa shape index (κ1) is 16.9. The van der Waals surface area contributed by atoms with Crippen molar-refractivity contribution in [2.75, 3.05) is 7.11 Å². The van der Waals surface area contributed by atoms with E-state index in [0.717, 1.165) is 31.1 Å². The zero-order chi connectivity index (χ0) is 17.2. The van der Waals surface area contributed by atoms with E-state index in [2.05, 4.69) is 13.8 Å². The fourth-order valence-electron chi connectivity index (χ4n) is 7.88. The molecular weight excluding hydrogens is 298 g/mol. The van der Waals surface area contributed by atoms with E-state index in [9.17, 15) is 4.79 Å². The highest BCUT2D eigenvalue weighted by molar-refractivity contribution is 5.74. The van der Waals surface area contributed by atoms with Gasteiger partial charge in [0.25, 0.3) is 0 Å². The van der Waals surface area contributed by atoms with E-state index < -0.39 is 0 Å². The number of nitrogens with two attached hydrogens (primary N) is 1. The Kier molecular flexibility index (Phi) is 3.84. The molecule has 0 aromatic heterocycles. The first-order valence-corrected chi connectivity index (χ1v) is 10.2. The van der Waals surface area contributed by atoms with Crippen molar-refractivity contribution in [3.8, 4) is 0 Å². The van der Waals surface area contributed by atoms with Crippen LogP contribution in [-0.2, 0) is 9.53 Å². The Bertz CT molecular complexity index is 534. The second-order valence-electron chi connectivity index (χ2n) is 9.85. The van der Waals surface area contributed by atoms with Crippen LogP contribution in [0.1, 0.15) is 78.1 Å². The summed E-state index contributed by atoms with van der Waals surface area (Å²) in [6, 6.07) is 0. The van der Waals surface area contributed by atoms with Crippen molar-refractivity contribution in [1.82, 2.24) is 0 Å². The predicted molar refractivity (Wildman–Crippen MR) is 95.3 cm³/mol. The summed E-state index contributed by atoms with van der Waals surface area (Å²) in [5.41, 5.74) is 7.47. The van der Waals surface area contributed by atoms with Crippen LogP contribution in [0.15, 0.2) is 0 Å². The van der Waals surface area contributed by atoms with Crippen molar-refractivity contribution in [2.45, 2.75) is 83.6 Å². The van der Waals surface area contributed by atoms with Gasteiger partial charge in [-0.1, -0.05) is 26.7 Å². The lowest BCUT2D eigenvalue weighted by Gasteiger charge is -2.63. The molecule has 0 spiro atoms. The van der Waals surface area contributed by atoms with Gasteiger partial charge in [-0.25, -0.2) is 0 Å². The maximum Gasteiger partial charge on any atom is 0.309 e. The standard InChI is InChI=1S/C21H35NO2/c1-19-11-5-4-6-14(19)7-8-16-15(19)9-12-20(2)17(18(23)24-3)10-13-21(16,20)22/h14-17H,4-13,22H2,1-3H3/t14-,15-,16+,17+,19-,20+,21-/m0/s1. The van der Waals surface area contributed by atoms with Gasteiger partial charge >= 0.3 is 5.97 Å². The summed E-state index contributed by atoms with van der Waals surface area (Å²) in [4.78, 5) is 12.4. The first-order chi connectivity index (χ1) is 11.4. The molecule has 24 heavy (non-hydrogen) atoms. The second-order valence-corrected chi connectivity index (χ2v) is 9.85. The summed E-state index contributed by atoms with van der Waals surface area (Å²) in [5.74, 6) is 2.26. The molecule has 0 radical (unpaired) electrons. The van der Waals surface area contributed by atoms with Crippen LogP contribution in [0, 0.1) is 34.5 Å². The lowest BCUT2D eigenvalue weighted by molar-refractivity contribution is -0.158. The molecule has 136 valence electrons. The molecule has 0 saturated heterocycles. The molecule has 4 aliphatic rings. The Hall–Kier alpha value is -0.570. The summed E-state index contributed by atoms with van der Waals surface area (Å²) in [7, 11) is 1.53. The molecule has 4 fully saturated rings. The van der Waals surface area contributed by atoms with Gasteiger partial charge in [-0.3, -0.25) is 4.79 Å². The van der Waals surface area contributed by atoms with E-state index in [0.29, 0.717) is 11.3 Å². The van der Waals surface area contributed by atoms with Gasteiger partial charge in [0.1, 0.15) is 0 Å². The fraction of sp³-hybridized carbons (Fsp3) is 0.952. The van der Waals surface area contributed by atoms with Crippen molar-refractivity contribution in [1.29, 1.82) is 0 Å². The van der Waals surface area contributed by atoms with E-state index in [1.54, 1.807) is 0 Å². The number of hydrogen-bond donors (Lipinski definition) is 1. The highest BCUT2D eigenvalue weighted by Gasteiger charge is 2.67. The molecule has 7 atom stereocenters. The molecule has 3 nitrogen and oxygen atoms in total. The molecule has 0 aromatic rings. The maximum atomic E-state index is 12.4. The minimum atomic E-state index is -0.166. The maximum absolute atomic E-state index is 12.4. The molecule has 4 aliphatic carbocycles. The largest absolute Gasteiger partial charge is 0.469 e. The number of carbonyl (C=O) groups is 1. The number of esters is 1. The number of rotatable bonds is 1. The summed E-state index contributed by atoms with van der Waals surface area (Å²) < 4.78 is 5.14. The predicted octanol–water partition coefficient (Wildman–Crippen LogP) is 4.29. The number of ether oxygens (including phenoxy) is 1. The van der Waals surface area contributed by atoms with Gasteiger partial charge in [0.15, 0.2) is 0 Å². The van der Waals surface area contributed by atoms with Gasteiger partial charge < -0.3 is 10.5 Å². The Morgan fingerprint density at radius 2 is 1.75 bits per heavy atom. The zero-order valence-electron chi connectivity index (χ0n) is 15.8. The van der Waals surface area contributed by atoms with Crippen molar-refractivity contribution >= 4 is 5.97 Å². The van der Waals surface area contributed by atoms with Crippen LogP contribution in [0.3, 0.4) is 0 Å². The monoisotopic (exact) mass is 333 g/mol. The molecule has 2 N–H and O–H groups in total. The number of hydrogen-bond acceptors (Lipinski definition) is 3. The Balaban J connectivity index is 1.68. The van der Waals surface area contributed by atoms with Crippen molar-refractivity contribution < 1.29 is 9.53 Å².